The predicted octanol–water partition coefficient (Wildman–Crippen LogP) is 4.44. The summed E-state index contributed by atoms with van der Waals surface area (Å²) in [6.07, 6.45) is 0.863. The van der Waals surface area contributed by atoms with Crippen LogP contribution < -0.4 is 15.8 Å². The number of nitrogens with one attached hydrogen (secondary N) is 1. The molecule has 1 aliphatic heterocycles. The summed E-state index contributed by atoms with van der Waals surface area (Å²) < 4.78 is 35.5. The van der Waals surface area contributed by atoms with Crippen molar-refractivity contribution in [2.75, 3.05) is 25.1 Å². The topological polar surface area (TPSA) is 125 Å². The van der Waals surface area contributed by atoms with Gasteiger partial charge in [0.05, 0.1) is 11.5 Å². The Morgan fingerprint density at radius 1 is 1.03 bits per heavy atom. The molecule has 0 atom stereocenters. The molecule has 2 aromatic rings. The Morgan fingerprint density at radius 2 is 1.61 bits per heavy atom. The third kappa shape index (κ3) is 7.07. The summed E-state index contributed by atoms with van der Waals surface area (Å²) in [5, 5.41) is 2.87. The van der Waals surface area contributed by atoms with Gasteiger partial charge in [-0.15, -0.1) is 0 Å². The maximum atomic E-state index is 13.2. The fourth-order valence-corrected chi connectivity index (χ4v) is 5.80. The van der Waals surface area contributed by atoms with Gasteiger partial charge < -0.3 is 20.5 Å². The molecule has 0 saturated carbocycles. The second kappa shape index (κ2) is 13.4. The SMILES string of the molecule is CC.CC(C)c1ccc(NC(=O)CCCOc2ccc(S(=O)(=O)C3(C(N)=O)CCOCC3)cc2)cc1. The number of ether oxygens (including phenoxy) is 2. The minimum absolute atomic E-state index is 0.0170. The summed E-state index contributed by atoms with van der Waals surface area (Å²) in [5.74, 6) is -0.0493. The van der Waals surface area contributed by atoms with Crippen molar-refractivity contribution in [3.63, 3.8) is 0 Å². The molecule has 8 nitrogen and oxygen atoms in total. The zero-order chi connectivity index (χ0) is 26.8. The summed E-state index contributed by atoms with van der Waals surface area (Å²) in [6, 6.07) is 13.7. The number of hydrogen-bond acceptors (Lipinski definition) is 6. The average Bonchev–Trinajstić information content (AvgIpc) is 2.88. The number of anilines is 1. The highest BCUT2D eigenvalue weighted by Crippen LogP contribution is 2.35. The first-order valence-corrected chi connectivity index (χ1v) is 13.9. The third-order valence-electron chi connectivity index (χ3n) is 6.08. The molecular formula is C27H38N2O6S. The quantitative estimate of drug-likeness (QED) is 0.448. The molecule has 0 aliphatic carbocycles. The molecule has 1 fully saturated rings. The van der Waals surface area contributed by atoms with Gasteiger partial charge in [-0.05, 0) is 67.1 Å². The smallest absolute Gasteiger partial charge is 0.239 e. The van der Waals surface area contributed by atoms with Crippen molar-refractivity contribution in [2.45, 2.75) is 68.9 Å². The van der Waals surface area contributed by atoms with Crippen LogP contribution in [-0.2, 0) is 24.2 Å². The van der Waals surface area contributed by atoms with Gasteiger partial charge in [-0.2, -0.15) is 0 Å². The van der Waals surface area contributed by atoms with Crippen LogP contribution in [0, 0.1) is 0 Å². The van der Waals surface area contributed by atoms with Gasteiger partial charge in [0.15, 0.2) is 14.6 Å². The van der Waals surface area contributed by atoms with E-state index in [0.29, 0.717) is 31.1 Å². The van der Waals surface area contributed by atoms with Gasteiger partial charge in [-0.25, -0.2) is 8.42 Å². The van der Waals surface area contributed by atoms with Gasteiger partial charge in [-0.3, -0.25) is 9.59 Å². The van der Waals surface area contributed by atoms with Crippen molar-refractivity contribution in [2.24, 2.45) is 5.73 Å². The minimum atomic E-state index is -3.98. The van der Waals surface area contributed by atoms with Gasteiger partial charge in [0, 0.05) is 25.3 Å². The van der Waals surface area contributed by atoms with Crippen LogP contribution in [0.5, 0.6) is 5.75 Å². The van der Waals surface area contributed by atoms with Crippen molar-refractivity contribution in [1.82, 2.24) is 0 Å². The molecule has 0 spiro atoms. The van der Waals surface area contributed by atoms with E-state index < -0.39 is 20.5 Å². The predicted molar refractivity (Wildman–Crippen MR) is 141 cm³/mol. The highest BCUT2D eigenvalue weighted by atomic mass is 32.2. The van der Waals surface area contributed by atoms with E-state index in [4.69, 9.17) is 15.2 Å². The number of nitrogens with two attached hydrogens (primary N) is 1. The molecule has 9 heteroatoms. The Hall–Kier alpha value is -2.91. The fraction of sp³-hybridized carbons (Fsp3) is 0.481. The lowest BCUT2D eigenvalue weighted by Crippen LogP contribution is -2.53. The number of amides is 2. The van der Waals surface area contributed by atoms with Gasteiger partial charge in [0.2, 0.25) is 11.8 Å². The number of carbonyl (C=O) groups is 2. The number of rotatable bonds is 10. The summed E-state index contributed by atoms with van der Waals surface area (Å²) in [5.41, 5.74) is 7.46. The highest BCUT2D eigenvalue weighted by Gasteiger charge is 2.51. The minimum Gasteiger partial charge on any atom is -0.494 e. The summed E-state index contributed by atoms with van der Waals surface area (Å²) >= 11 is 0. The second-order valence-corrected chi connectivity index (χ2v) is 11.0. The average molecular weight is 519 g/mol. The molecule has 2 aromatic carbocycles. The molecule has 1 heterocycles. The van der Waals surface area contributed by atoms with E-state index in [1.807, 2.05) is 38.1 Å². The zero-order valence-corrected chi connectivity index (χ0v) is 22.4. The molecule has 2 amide bonds. The van der Waals surface area contributed by atoms with E-state index >= 15 is 0 Å². The lowest BCUT2D eigenvalue weighted by atomic mass is 9.98. The number of primary amides is 1. The molecule has 0 bridgehead atoms. The van der Waals surface area contributed by atoms with Gasteiger partial charge in [0.1, 0.15) is 5.75 Å². The van der Waals surface area contributed by atoms with Gasteiger partial charge in [-0.1, -0.05) is 39.8 Å². The fourth-order valence-electron chi connectivity index (χ4n) is 3.89. The third-order valence-corrected chi connectivity index (χ3v) is 8.61. The van der Waals surface area contributed by atoms with Gasteiger partial charge in [0.25, 0.3) is 0 Å². The molecule has 3 rings (SSSR count). The molecule has 0 aromatic heterocycles. The molecular weight excluding hydrogens is 480 g/mol. The largest absolute Gasteiger partial charge is 0.494 e. The Kier molecular flexibility index (Phi) is 10.9. The molecule has 1 saturated heterocycles. The first-order chi connectivity index (χ1) is 17.2. The number of carbonyl (C=O) groups excluding carboxylic acids is 2. The van der Waals surface area contributed by atoms with Crippen molar-refractivity contribution in [3.05, 3.63) is 54.1 Å². The van der Waals surface area contributed by atoms with Crippen LogP contribution in [0.1, 0.15) is 64.9 Å². The summed E-state index contributed by atoms with van der Waals surface area (Å²) in [7, 11) is -3.98. The van der Waals surface area contributed by atoms with Crippen LogP contribution in [0.3, 0.4) is 0 Å². The Bertz CT molecular complexity index is 1090. The molecule has 1 aliphatic rings. The van der Waals surface area contributed by atoms with Gasteiger partial charge >= 0.3 is 0 Å². The van der Waals surface area contributed by atoms with E-state index in [2.05, 4.69) is 19.2 Å². The van der Waals surface area contributed by atoms with Crippen molar-refractivity contribution in [1.29, 1.82) is 0 Å². The Morgan fingerprint density at radius 3 is 2.14 bits per heavy atom. The highest BCUT2D eigenvalue weighted by molar-refractivity contribution is 7.93. The monoisotopic (exact) mass is 518 g/mol. The van der Waals surface area contributed by atoms with Crippen LogP contribution in [-0.4, -0.2) is 44.8 Å². The number of benzene rings is 2. The maximum absolute atomic E-state index is 13.2. The van der Waals surface area contributed by atoms with Crippen LogP contribution in [0.4, 0.5) is 5.69 Å². The molecule has 0 radical (unpaired) electrons. The first-order valence-electron chi connectivity index (χ1n) is 12.4. The van der Waals surface area contributed by atoms with Crippen molar-refractivity contribution in [3.8, 4) is 5.75 Å². The zero-order valence-electron chi connectivity index (χ0n) is 21.6. The second-order valence-electron chi connectivity index (χ2n) is 8.72. The normalized spacial score (nSPS) is 14.9. The van der Waals surface area contributed by atoms with Crippen molar-refractivity contribution >= 4 is 27.3 Å². The van der Waals surface area contributed by atoms with E-state index in [1.54, 1.807) is 0 Å². The summed E-state index contributed by atoms with van der Waals surface area (Å²) in [4.78, 5) is 24.3. The van der Waals surface area contributed by atoms with E-state index in [1.165, 1.54) is 29.8 Å². The molecule has 198 valence electrons. The lowest BCUT2D eigenvalue weighted by molar-refractivity contribution is -0.123. The first kappa shape index (κ1) is 29.3. The lowest BCUT2D eigenvalue weighted by Gasteiger charge is -2.33. The molecule has 3 N–H and O–H groups in total. The summed E-state index contributed by atoms with van der Waals surface area (Å²) in [6.45, 7) is 8.86. The van der Waals surface area contributed by atoms with Crippen molar-refractivity contribution < 1.29 is 27.5 Å². The number of sulfone groups is 1. The van der Waals surface area contributed by atoms with E-state index in [-0.39, 0.29) is 36.9 Å². The van der Waals surface area contributed by atoms with Crippen LogP contribution in [0.25, 0.3) is 0 Å². The number of hydrogen-bond donors (Lipinski definition) is 2. The van der Waals surface area contributed by atoms with Crippen LogP contribution >= 0.6 is 0 Å². The van der Waals surface area contributed by atoms with Crippen LogP contribution in [0.2, 0.25) is 0 Å². The standard InChI is InChI=1S/C25H32N2O6S.C2H6/c1-18(2)19-5-7-20(8-6-19)27-23(28)4-3-15-33-21-9-11-22(12-10-21)34(30,31)25(24(26)29)13-16-32-17-14-25;1-2/h5-12,18H,3-4,13-17H2,1-2H3,(H2,26,29)(H,27,28);1-2H3. The molecule has 0 unspecified atom stereocenters. The molecule has 36 heavy (non-hydrogen) atoms. The maximum Gasteiger partial charge on any atom is 0.239 e. The van der Waals surface area contributed by atoms with Crippen LogP contribution in [0.15, 0.2) is 53.4 Å². The Labute approximate surface area is 214 Å². The van der Waals surface area contributed by atoms with E-state index in [0.717, 1.165) is 5.69 Å². The van der Waals surface area contributed by atoms with E-state index in [9.17, 15) is 18.0 Å². The Balaban J connectivity index is 0.00000222.